The topological polar surface area (TPSA) is 34.0 Å². The Kier molecular flexibility index (Phi) is 3.38. The van der Waals surface area contributed by atoms with Crippen LogP contribution in [0.2, 0.25) is 0 Å². The fourth-order valence-electron chi connectivity index (χ4n) is 3.41. The molecule has 0 atom stereocenters. The van der Waals surface area contributed by atoms with Crippen LogP contribution >= 0.6 is 0 Å². The number of carbonyl (C=O) groups is 1. The highest BCUT2D eigenvalue weighted by molar-refractivity contribution is 5.95. The molecule has 104 valence electrons. The summed E-state index contributed by atoms with van der Waals surface area (Å²) in [7, 11) is 0. The second kappa shape index (κ2) is 5.03. The van der Waals surface area contributed by atoms with Gasteiger partial charge in [-0.15, -0.1) is 0 Å². The van der Waals surface area contributed by atoms with Crippen LogP contribution in [0.1, 0.15) is 72.7 Å². The molecule has 0 aromatic carbocycles. The van der Waals surface area contributed by atoms with Crippen molar-refractivity contribution < 1.29 is 4.79 Å². The Hall–Kier alpha value is -1.25. The molecular weight excluding hydrogens is 236 g/mol. The largest absolute Gasteiger partial charge is 0.349 e. The van der Waals surface area contributed by atoms with Crippen LogP contribution in [0.4, 0.5) is 0 Å². The third-order valence-electron chi connectivity index (χ3n) is 4.58. The molecule has 3 rings (SSSR count). The summed E-state index contributed by atoms with van der Waals surface area (Å²) in [6.45, 7) is 4.20. The van der Waals surface area contributed by atoms with Gasteiger partial charge in [-0.25, -0.2) is 0 Å². The molecule has 1 aromatic heterocycles. The molecule has 0 unspecified atom stereocenters. The Labute approximate surface area is 115 Å². The van der Waals surface area contributed by atoms with E-state index in [1.54, 1.807) is 0 Å². The number of hydrogen-bond acceptors (Lipinski definition) is 1. The average Bonchev–Trinajstić information content (AvgIpc) is 3.17. The number of hydrogen-bond donors (Lipinski definition) is 1. The van der Waals surface area contributed by atoms with Gasteiger partial charge in [0.15, 0.2) is 0 Å². The molecule has 19 heavy (non-hydrogen) atoms. The van der Waals surface area contributed by atoms with E-state index in [-0.39, 0.29) is 5.91 Å². The van der Waals surface area contributed by atoms with Gasteiger partial charge in [0.1, 0.15) is 0 Å². The molecule has 0 spiro atoms. The summed E-state index contributed by atoms with van der Waals surface area (Å²) in [4.78, 5) is 12.4. The zero-order valence-electron chi connectivity index (χ0n) is 12.0. The Balaban J connectivity index is 1.74. The summed E-state index contributed by atoms with van der Waals surface area (Å²) in [5.74, 6) is 0.131. The number of amides is 1. The zero-order chi connectivity index (χ0) is 13.4. The molecule has 2 saturated carbocycles. The van der Waals surface area contributed by atoms with Crippen LogP contribution in [0.25, 0.3) is 0 Å². The third kappa shape index (κ3) is 2.56. The van der Waals surface area contributed by atoms with Crippen LogP contribution in [0.5, 0.6) is 0 Å². The molecule has 3 heteroatoms. The van der Waals surface area contributed by atoms with Gasteiger partial charge < -0.3 is 9.88 Å². The maximum atomic E-state index is 12.4. The molecule has 0 saturated heterocycles. The maximum Gasteiger partial charge on any atom is 0.253 e. The highest BCUT2D eigenvalue weighted by atomic mass is 16.1. The molecule has 1 heterocycles. The number of nitrogens with one attached hydrogen (secondary N) is 1. The minimum Gasteiger partial charge on any atom is -0.349 e. The number of aryl methyl sites for hydroxylation is 1. The molecule has 1 N–H and O–H groups in total. The Morgan fingerprint density at radius 2 is 1.84 bits per heavy atom. The Morgan fingerprint density at radius 3 is 2.47 bits per heavy atom. The van der Waals surface area contributed by atoms with Crippen LogP contribution in [0.15, 0.2) is 6.07 Å². The standard InChI is InChI=1S/C16H24N2O/c1-11-10-15(12(2)18(11)14-8-9-14)16(19)17-13-6-4-3-5-7-13/h10,13-14H,3-9H2,1-2H3,(H,17,19). The van der Waals surface area contributed by atoms with E-state index < -0.39 is 0 Å². The summed E-state index contributed by atoms with van der Waals surface area (Å²) < 4.78 is 2.34. The van der Waals surface area contributed by atoms with Crippen LogP contribution in [0, 0.1) is 13.8 Å². The van der Waals surface area contributed by atoms with Gasteiger partial charge in [-0.1, -0.05) is 19.3 Å². The molecule has 0 bridgehead atoms. The smallest absolute Gasteiger partial charge is 0.253 e. The fourth-order valence-corrected chi connectivity index (χ4v) is 3.41. The van der Waals surface area contributed by atoms with Gasteiger partial charge in [-0.05, 0) is 45.6 Å². The predicted molar refractivity (Wildman–Crippen MR) is 76.5 cm³/mol. The lowest BCUT2D eigenvalue weighted by Gasteiger charge is -2.22. The van der Waals surface area contributed by atoms with Gasteiger partial charge in [-0.2, -0.15) is 0 Å². The van der Waals surface area contributed by atoms with E-state index in [0.29, 0.717) is 12.1 Å². The first-order valence-corrected chi connectivity index (χ1v) is 7.66. The molecule has 0 aliphatic heterocycles. The van der Waals surface area contributed by atoms with E-state index in [9.17, 15) is 4.79 Å². The zero-order valence-corrected chi connectivity index (χ0v) is 12.0. The van der Waals surface area contributed by atoms with E-state index in [1.807, 2.05) is 0 Å². The normalized spacial score (nSPS) is 20.5. The summed E-state index contributed by atoms with van der Waals surface area (Å²) >= 11 is 0. The van der Waals surface area contributed by atoms with E-state index in [4.69, 9.17) is 0 Å². The minimum absolute atomic E-state index is 0.131. The van der Waals surface area contributed by atoms with E-state index in [1.165, 1.54) is 37.8 Å². The summed E-state index contributed by atoms with van der Waals surface area (Å²) in [5.41, 5.74) is 3.26. The lowest BCUT2D eigenvalue weighted by molar-refractivity contribution is 0.0927. The summed E-state index contributed by atoms with van der Waals surface area (Å²) in [6, 6.07) is 3.10. The molecule has 1 amide bonds. The van der Waals surface area contributed by atoms with E-state index in [0.717, 1.165) is 24.1 Å². The van der Waals surface area contributed by atoms with Crippen LogP contribution in [-0.4, -0.2) is 16.5 Å². The van der Waals surface area contributed by atoms with Crippen molar-refractivity contribution in [3.8, 4) is 0 Å². The SMILES string of the molecule is Cc1cc(C(=O)NC2CCCCC2)c(C)n1C1CC1. The van der Waals surface area contributed by atoms with E-state index in [2.05, 4.69) is 29.8 Å². The van der Waals surface area contributed by atoms with Crippen LogP contribution < -0.4 is 5.32 Å². The third-order valence-corrected chi connectivity index (χ3v) is 4.58. The number of aromatic nitrogens is 1. The fraction of sp³-hybridized carbons (Fsp3) is 0.688. The quantitative estimate of drug-likeness (QED) is 0.886. The average molecular weight is 260 g/mol. The maximum absolute atomic E-state index is 12.4. The minimum atomic E-state index is 0.131. The van der Waals surface area contributed by atoms with Crippen molar-refractivity contribution in [3.05, 3.63) is 23.0 Å². The second-order valence-electron chi connectivity index (χ2n) is 6.19. The van der Waals surface area contributed by atoms with Crippen molar-refractivity contribution in [3.63, 3.8) is 0 Å². The van der Waals surface area contributed by atoms with Gasteiger partial charge >= 0.3 is 0 Å². The predicted octanol–water partition coefficient (Wildman–Crippen LogP) is 3.50. The van der Waals surface area contributed by atoms with Crippen molar-refractivity contribution in [1.82, 2.24) is 9.88 Å². The van der Waals surface area contributed by atoms with Gasteiger partial charge in [-0.3, -0.25) is 4.79 Å². The monoisotopic (exact) mass is 260 g/mol. The Morgan fingerprint density at radius 1 is 1.16 bits per heavy atom. The first kappa shape index (κ1) is 12.8. The highest BCUT2D eigenvalue weighted by Gasteiger charge is 2.28. The van der Waals surface area contributed by atoms with Crippen molar-refractivity contribution in [2.24, 2.45) is 0 Å². The Bertz CT molecular complexity index is 479. The summed E-state index contributed by atoms with van der Waals surface area (Å²) in [6.07, 6.45) is 8.65. The molecular formula is C16H24N2O. The second-order valence-corrected chi connectivity index (χ2v) is 6.19. The molecule has 2 fully saturated rings. The van der Waals surface area contributed by atoms with Gasteiger partial charge in [0.25, 0.3) is 5.91 Å². The molecule has 2 aliphatic carbocycles. The van der Waals surface area contributed by atoms with Gasteiger partial charge in [0.05, 0.1) is 5.56 Å². The number of nitrogens with zero attached hydrogens (tertiary/aromatic N) is 1. The highest BCUT2D eigenvalue weighted by Crippen LogP contribution is 2.38. The van der Waals surface area contributed by atoms with Crippen LogP contribution in [0.3, 0.4) is 0 Å². The number of rotatable bonds is 3. The van der Waals surface area contributed by atoms with Crippen LogP contribution in [-0.2, 0) is 0 Å². The summed E-state index contributed by atoms with van der Waals surface area (Å²) in [5, 5.41) is 3.22. The van der Waals surface area contributed by atoms with Crippen molar-refractivity contribution in [1.29, 1.82) is 0 Å². The van der Waals surface area contributed by atoms with Crippen molar-refractivity contribution >= 4 is 5.91 Å². The van der Waals surface area contributed by atoms with Gasteiger partial charge in [0, 0.05) is 23.5 Å². The van der Waals surface area contributed by atoms with Crippen molar-refractivity contribution in [2.75, 3.05) is 0 Å². The molecule has 3 nitrogen and oxygen atoms in total. The van der Waals surface area contributed by atoms with Gasteiger partial charge in [0.2, 0.25) is 0 Å². The molecule has 2 aliphatic rings. The lowest BCUT2D eigenvalue weighted by Crippen LogP contribution is -2.36. The molecule has 1 aromatic rings. The molecule has 0 radical (unpaired) electrons. The first-order valence-electron chi connectivity index (χ1n) is 7.66. The number of carbonyl (C=O) groups excluding carboxylic acids is 1. The van der Waals surface area contributed by atoms with Crippen molar-refractivity contribution in [2.45, 2.75) is 70.9 Å². The first-order chi connectivity index (χ1) is 9.16. The van der Waals surface area contributed by atoms with E-state index >= 15 is 0 Å². The lowest BCUT2D eigenvalue weighted by atomic mass is 9.95.